The first kappa shape index (κ1) is 17.6. The van der Waals surface area contributed by atoms with Crippen molar-refractivity contribution in [2.45, 2.75) is 66.5 Å². The third kappa shape index (κ3) is 9.65. The minimum atomic E-state index is 1.07. The van der Waals surface area contributed by atoms with Crippen LogP contribution in [0.2, 0.25) is 0 Å². The molecule has 0 aliphatic rings. The summed E-state index contributed by atoms with van der Waals surface area (Å²) >= 11 is 0. The van der Waals surface area contributed by atoms with Crippen molar-refractivity contribution in [3.63, 3.8) is 0 Å². The number of aryl methyl sites for hydroxylation is 2. The van der Waals surface area contributed by atoms with Gasteiger partial charge in [-0.05, 0) is 32.1 Å². The molecule has 0 amide bonds. The van der Waals surface area contributed by atoms with Gasteiger partial charge in [-0.1, -0.05) is 33.6 Å². The van der Waals surface area contributed by atoms with Gasteiger partial charge in [0.1, 0.15) is 12.4 Å². The van der Waals surface area contributed by atoms with Crippen molar-refractivity contribution in [1.82, 2.24) is 4.57 Å². The topological polar surface area (TPSA) is 8.81 Å². The van der Waals surface area contributed by atoms with Crippen molar-refractivity contribution in [2.75, 3.05) is 12.3 Å². The minimum Gasteiger partial charge on any atom is -0.237 e. The molecule has 0 N–H and O–H groups in total. The van der Waals surface area contributed by atoms with Crippen LogP contribution in [-0.2, 0) is 13.1 Å². The van der Waals surface area contributed by atoms with E-state index in [1.165, 1.54) is 53.1 Å². The maximum absolute atomic E-state index is 2.28. The summed E-state index contributed by atoms with van der Waals surface area (Å²) in [7, 11) is 1.20. The van der Waals surface area contributed by atoms with E-state index in [2.05, 4.69) is 55.6 Å². The lowest BCUT2D eigenvalue weighted by Crippen LogP contribution is -2.28. The summed E-state index contributed by atoms with van der Waals surface area (Å²) in [4.78, 5) is 0. The molecule has 0 unspecified atom stereocenters. The van der Waals surface area contributed by atoms with Gasteiger partial charge in [-0.25, -0.2) is 9.13 Å². The molecule has 1 aromatic heterocycles. The lowest BCUT2D eigenvalue weighted by atomic mass is 10.2. The van der Waals surface area contributed by atoms with Crippen molar-refractivity contribution in [3.05, 3.63) is 18.7 Å². The zero-order valence-electron chi connectivity index (χ0n) is 12.8. The van der Waals surface area contributed by atoms with Crippen LogP contribution in [0.15, 0.2) is 18.7 Å². The molecule has 0 fully saturated rings. The molecule has 0 spiro atoms. The van der Waals surface area contributed by atoms with Gasteiger partial charge >= 0.3 is 0 Å². The third-order valence-corrected chi connectivity index (χ3v) is 3.88. The fourth-order valence-corrected chi connectivity index (χ4v) is 2.23. The van der Waals surface area contributed by atoms with Crippen LogP contribution in [-0.4, -0.2) is 16.9 Å². The Kier molecular flexibility index (Phi) is 12.8. The molecule has 0 radical (unpaired) electrons. The minimum absolute atomic E-state index is 1.07. The van der Waals surface area contributed by atoms with E-state index in [9.17, 15) is 0 Å². The Morgan fingerprint density at radius 2 is 1.72 bits per heavy atom. The van der Waals surface area contributed by atoms with Gasteiger partial charge < -0.3 is 0 Å². The molecule has 0 aromatic carbocycles. The SMILES string of the molecule is CCCCCCn1cc[n+](CC)c1.CCPCC. The standard InChI is InChI=1S/C11H21N2.C4H11P/c1-3-5-6-7-8-13-10-9-12(4-2)11-13;1-3-5-4-2/h9-11H,3-8H2,1-2H3;5H,3-4H2,1-2H3/q+1;. The third-order valence-electron chi connectivity index (χ3n) is 2.88. The van der Waals surface area contributed by atoms with E-state index < -0.39 is 0 Å². The summed E-state index contributed by atoms with van der Waals surface area (Å²) in [6.45, 7) is 11.1. The smallest absolute Gasteiger partial charge is 0.237 e. The predicted molar refractivity (Wildman–Crippen MR) is 83.8 cm³/mol. The highest BCUT2D eigenvalue weighted by Gasteiger charge is 2.00. The van der Waals surface area contributed by atoms with E-state index in [-0.39, 0.29) is 0 Å². The first-order valence-corrected chi connectivity index (χ1v) is 8.95. The highest BCUT2D eigenvalue weighted by Crippen LogP contribution is 2.04. The van der Waals surface area contributed by atoms with Crippen LogP contribution in [0.25, 0.3) is 0 Å². The van der Waals surface area contributed by atoms with Gasteiger partial charge in [-0.3, -0.25) is 0 Å². The number of hydrogen-bond donors (Lipinski definition) is 0. The van der Waals surface area contributed by atoms with Crippen LogP contribution in [0.3, 0.4) is 0 Å². The highest BCUT2D eigenvalue weighted by atomic mass is 31.1. The summed E-state index contributed by atoms with van der Waals surface area (Å²) < 4.78 is 4.49. The van der Waals surface area contributed by atoms with Crippen LogP contribution >= 0.6 is 8.58 Å². The second kappa shape index (κ2) is 13.1. The van der Waals surface area contributed by atoms with Gasteiger partial charge in [0.2, 0.25) is 6.33 Å². The summed E-state index contributed by atoms with van der Waals surface area (Å²) in [6, 6.07) is 0. The Bertz CT molecular complexity index is 269. The Balaban J connectivity index is 0.000000494. The van der Waals surface area contributed by atoms with Crippen molar-refractivity contribution >= 4 is 8.58 Å². The Labute approximate surface area is 116 Å². The van der Waals surface area contributed by atoms with Gasteiger partial charge in [-0.15, -0.1) is 8.58 Å². The maximum Gasteiger partial charge on any atom is 0.243 e. The van der Waals surface area contributed by atoms with Crippen LogP contribution in [0, 0.1) is 0 Å². The molecule has 106 valence electrons. The molecule has 0 atom stereocenters. The van der Waals surface area contributed by atoms with E-state index >= 15 is 0 Å². The highest BCUT2D eigenvalue weighted by molar-refractivity contribution is 7.37. The van der Waals surface area contributed by atoms with Crippen LogP contribution in [0.5, 0.6) is 0 Å². The van der Waals surface area contributed by atoms with Crippen LogP contribution < -0.4 is 4.57 Å². The van der Waals surface area contributed by atoms with Gasteiger partial charge in [0.25, 0.3) is 0 Å². The fourth-order valence-electron chi connectivity index (χ4n) is 1.73. The molecule has 0 aliphatic heterocycles. The number of nitrogens with zero attached hydrogens (tertiary/aromatic N) is 2. The molecule has 0 saturated carbocycles. The summed E-state index contributed by atoms with van der Waals surface area (Å²) in [5.41, 5.74) is 0. The quantitative estimate of drug-likeness (QED) is 0.383. The molecule has 0 saturated heterocycles. The van der Waals surface area contributed by atoms with Gasteiger partial charge in [-0.2, -0.15) is 0 Å². The number of hydrogen-bond acceptors (Lipinski definition) is 0. The average Bonchev–Trinajstić information content (AvgIpc) is 2.84. The van der Waals surface area contributed by atoms with Crippen LogP contribution in [0.4, 0.5) is 0 Å². The summed E-state index contributed by atoms with van der Waals surface area (Å²) in [5, 5.41) is 0. The summed E-state index contributed by atoms with van der Waals surface area (Å²) in [5.74, 6) is 0. The zero-order valence-corrected chi connectivity index (χ0v) is 13.8. The first-order chi connectivity index (χ1) is 8.78. The predicted octanol–water partition coefficient (Wildman–Crippen LogP) is 4.08. The molecule has 0 bridgehead atoms. The molecule has 3 heteroatoms. The lowest BCUT2D eigenvalue weighted by Gasteiger charge is -1.95. The number of unbranched alkanes of at least 4 members (excludes halogenated alkanes) is 3. The monoisotopic (exact) mass is 271 g/mol. The average molecular weight is 271 g/mol. The van der Waals surface area contributed by atoms with Gasteiger partial charge in [0.15, 0.2) is 0 Å². The van der Waals surface area contributed by atoms with E-state index in [1.807, 2.05) is 0 Å². The van der Waals surface area contributed by atoms with Gasteiger partial charge in [0.05, 0.1) is 13.1 Å². The fraction of sp³-hybridized carbons (Fsp3) is 0.800. The molecule has 1 aromatic rings. The largest absolute Gasteiger partial charge is 0.243 e. The Morgan fingerprint density at radius 3 is 2.17 bits per heavy atom. The molecular weight excluding hydrogens is 239 g/mol. The van der Waals surface area contributed by atoms with E-state index in [0.717, 1.165) is 6.54 Å². The van der Waals surface area contributed by atoms with Crippen LogP contribution in [0.1, 0.15) is 53.4 Å². The van der Waals surface area contributed by atoms with E-state index in [4.69, 9.17) is 0 Å². The molecule has 0 aliphatic carbocycles. The Hall–Kier alpha value is -0.360. The second-order valence-corrected chi connectivity index (χ2v) is 6.41. The molecule has 2 nitrogen and oxygen atoms in total. The lowest BCUT2D eigenvalue weighted by molar-refractivity contribution is -0.693. The summed E-state index contributed by atoms with van der Waals surface area (Å²) in [6.07, 6.45) is 14.6. The van der Waals surface area contributed by atoms with Crippen molar-refractivity contribution < 1.29 is 4.57 Å². The molecule has 1 rings (SSSR count). The maximum atomic E-state index is 2.28. The zero-order chi connectivity index (χ0) is 13.6. The first-order valence-electron chi connectivity index (χ1n) is 7.53. The number of rotatable bonds is 8. The van der Waals surface area contributed by atoms with Crippen molar-refractivity contribution in [2.24, 2.45) is 0 Å². The van der Waals surface area contributed by atoms with E-state index in [0.29, 0.717) is 0 Å². The van der Waals surface area contributed by atoms with Crippen molar-refractivity contribution in [3.8, 4) is 0 Å². The number of imidazole rings is 1. The second-order valence-electron chi connectivity index (χ2n) is 4.50. The normalized spacial score (nSPS) is 10.0. The molecular formula is C15H32N2P+. The van der Waals surface area contributed by atoms with E-state index in [1.54, 1.807) is 0 Å². The van der Waals surface area contributed by atoms with Gasteiger partial charge in [0, 0.05) is 0 Å². The molecule has 1 heterocycles. The van der Waals surface area contributed by atoms with Crippen molar-refractivity contribution in [1.29, 1.82) is 0 Å². The molecule has 18 heavy (non-hydrogen) atoms. The number of aromatic nitrogens is 2. The Morgan fingerprint density at radius 1 is 1.00 bits per heavy atom.